The third kappa shape index (κ3) is 905. The van der Waals surface area contributed by atoms with Crippen LogP contribution in [0.1, 0.15) is 0 Å². The topological polar surface area (TPSA) is 463 Å². The Morgan fingerprint density at radius 1 is 0.290 bits per heavy atom. The van der Waals surface area contributed by atoms with Crippen LogP contribution in [-0.4, -0.2) is 53.0 Å². The Bertz CT molecular complexity index is 321. The van der Waals surface area contributed by atoms with Gasteiger partial charge in [-0.15, -0.1) is 0 Å². The average Bonchev–Trinajstić information content (AvgIpc) is 2.20. The number of rotatable bonds is 0. The van der Waals surface area contributed by atoms with Crippen molar-refractivity contribution < 1.29 is 69.2 Å². The molecule has 0 rings (SSSR count). The number of hydrogen-bond acceptors (Lipinski definition) is 21. The van der Waals surface area contributed by atoms with Crippen LogP contribution in [0.25, 0.3) is 0 Å². The molecule has 0 bridgehead atoms. The fourth-order valence-corrected chi connectivity index (χ4v) is 0. The van der Waals surface area contributed by atoms with E-state index < -0.39 is 35.6 Å². The third-order valence-electron chi connectivity index (χ3n) is 0. The Labute approximate surface area is 194 Å². The maximum absolute atomic E-state index is 8.25. The first-order valence-electron chi connectivity index (χ1n) is 3.83. The summed E-state index contributed by atoms with van der Waals surface area (Å²) in [5, 5.41) is 103. The van der Waals surface area contributed by atoms with E-state index in [4.69, 9.17) is 107 Å². The van der Waals surface area contributed by atoms with E-state index in [-0.39, 0.29) is 50.9 Å². The maximum atomic E-state index is 8.25. The van der Waals surface area contributed by atoms with Crippen molar-refractivity contribution in [3.05, 3.63) is 107 Å². The first-order chi connectivity index (χ1) is 12.1. The van der Waals surface area contributed by atoms with Gasteiger partial charge in [-0.05, 0) is 0 Å². The zero-order chi connectivity index (χ0) is 25.0. The molecule has 31 heteroatoms. The van der Waals surface area contributed by atoms with E-state index in [9.17, 15) is 0 Å². The molecule has 0 aromatic rings. The van der Waals surface area contributed by atoms with Crippen LogP contribution < -0.4 is 0 Å². The quantitative estimate of drug-likeness (QED) is 0.170. The zero-order valence-corrected chi connectivity index (χ0v) is 16.2. The molecule has 0 aliphatic heterocycles. The maximum Gasteiger partial charge on any atom is 3.00 e. The molecular formula is AlFeN7NiO21. The van der Waals surface area contributed by atoms with Crippen LogP contribution in [0.15, 0.2) is 0 Å². The second-order valence-electron chi connectivity index (χ2n) is 1.57. The van der Waals surface area contributed by atoms with E-state index in [0.717, 1.165) is 0 Å². The van der Waals surface area contributed by atoms with Crippen LogP contribution >= 0.6 is 0 Å². The van der Waals surface area contributed by atoms with Crippen LogP contribution in [0.2, 0.25) is 0 Å². The standard InChI is InChI=1S/Al.Fe.7NO3.Ni/c;;7*2-1(3)4;/q+3;+2;7*-1;+2. The van der Waals surface area contributed by atoms with Crippen LogP contribution in [-0.2, 0) is 33.6 Å². The first-order valence-corrected chi connectivity index (χ1v) is 3.83. The van der Waals surface area contributed by atoms with E-state index in [1.54, 1.807) is 0 Å². The summed E-state index contributed by atoms with van der Waals surface area (Å²) in [7, 11) is 0. The molecule has 0 atom stereocenters. The molecule has 0 heterocycles. The Morgan fingerprint density at radius 2 is 0.290 bits per heavy atom. The van der Waals surface area contributed by atoms with E-state index in [1.807, 2.05) is 0 Å². The molecule has 0 unspecified atom stereocenters. The van der Waals surface area contributed by atoms with Gasteiger partial charge in [0.25, 0.3) is 0 Å². The predicted molar refractivity (Wildman–Crippen MR) is 78.3 cm³/mol. The molecule has 31 heavy (non-hydrogen) atoms. The van der Waals surface area contributed by atoms with Gasteiger partial charge in [0, 0.05) is 0 Å². The van der Waals surface area contributed by atoms with Crippen molar-refractivity contribution in [1.82, 2.24) is 0 Å². The molecule has 0 saturated carbocycles. The summed E-state index contributed by atoms with van der Waals surface area (Å²) in [6.45, 7) is 0. The number of hydrogen-bond donors (Lipinski definition) is 0. The minimum Gasteiger partial charge on any atom is -0.356 e. The molecule has 0 spiro atoms. The average molecular weight is 576 g/mol. The van der Waals surface area contributed by atoms with Crippen LogP contribution in [0, 0.1) is 107 Å². The molecule has 28 nitrogen and oxygen atoms in total. The molecule has 0 aliphatic carbocycles. The normalized spacial score (nSPS) is 5.42. The largest absolute Gasteiger partial charge is 3.00 e. The summed E-state index contributed by atoms with van der Waals surface area (Å²) < 4.78 is 0. The summed E-state index contributed by atoms with van der Waals surface area (Å²) in [5.74, 6) is 0. The molecular weight excluding hydrogens is 576 g/mol. The number of nitrogens with zero attached hydrogens (tertiary/aromatic N) is 7. The van der Waals surface area contributed by atoms with Crippen molar-refractivity contribution in [3.63, 3.8) is 0 Å². The van der Waals surface area contributed by atoms with Gasteiger partial charge in [-0.2, -0.15) is 0 Å². The molecule has 0 aliphatic rings. The Kier molecular flexibility index (Phi) is 115. The molecule has 0 fully saturated rings. The second kappa shape index (κ2) is 56.2. The van der Waals surface area contributed by atoms with Crippen molar-refractivity contribution >= 4 is 17.4 Å². The van der Waals surface area contributed by atoms with Gasteiger partial charge in [-0.3, -0.25) is 0 Å². The Balaban J connectivity index is -0.0000000204. The molecule has 0 aromatic heterocycles. The van der Waals surface area contributed by atoms with E-state index in [0.29, 0.717) is 0 Å². The molecule has 0 saturated heterocycles. The fourth-order valence-electron chi connectivity index (χ4n) is 0. The second-order valence-corrected chi connectivity index (χ2v) is 1.57. The summed E-state index contributed by atoms with van der Waals surface area (Å²) >= 11 is 0. The van der Waals surface area contributed by atoms with Gasteiger partial charge in [0.2, 0.25) is 0 Å². The molecule has 0 amide bonds. The van der Waals surface area contributed by atoms with Crippen LogP contribution in [0.3, 0.4) is 0 Å². The summed E-state index contributed by atoms with van der Waals surface area (Å²) in [4.78, 5) is 57.8. The van der Waals surface area contributed by atoms with Crippen LogP contribution in [0.4, 0.5) is 0 Å². The van der Waals surface area contributed by atoms with Gasteiger partial charge >= 0.3 is 50.9 Å². The van der Waals surface area contributed by atoms with E-state index >= 15 is 0 Å². The van der Waals surface area contributed by atoms with Crippen LogP contribution in [0.5, 0.6) is 0 Å². The first kappa shape index (κ1) is 63.2. The van der Waals surface area contributed by atoms with Gasteiger partial charge in [0.15, 0.2) is 0 Å². The summed E-state index contributed by atoms with van der Waals surface area (Å²) in [6.07, 6.45) is 0. The van der Waals surface area contributed by atoms with Gasteiger partial charge in [-0.1, -0.05) is 0 Å². The minimum absolute atomic E-state index is 0. The van der Waals surface area contributed by atoms with Crippen molar-refractivity contribution in [1.29, 1.82) is 0 Å². The molecule has 0 aromatic carbocycles. The fraction of sp³-hybridized carbons (Fsp3) is 0. The van der Waals surface area contributed by atoms with Gasteiger partial charge < -0.3 is 107 Å². The third-order valence-corrected chi connectivity index (χ3v) is 0. The zero-order valence-electron chi connectivity index (χ0n) is 13.0. The van der Waals surface area contributed by atoms with E-state index in [2.05, 4.69) is 0 Å². The van der Waals surface area contributed by atoms with Crippen molar-refractivity contribution in [2.24, 2.45) is 0 Å². The molecule has 182 valence electrons. The smallest absolute Gasteiger partial charge is 0.356 e. The van der Waals surface area contributed by atoms with E-state index in [1.165, 1.54) is 0 Å². The Morgan fingerprint density at radius 3 is 0.290 bits per heavy atom. The summed E-state index contributed by atoms with van der Waals surface area (Å²) in [5.41, 5.74) is 0. The SMILES string of the molecule is O=[N+]([O-])[O-].O=[N+]([O-])[O-].O=[N+]([O-])[O-].O=[N+]([O-])[O-].O=[N+]([O-])[O-].O=[N+]([O-])[O-].O=[N+]([O-])[O-].[Al+3].[Fe+2].[Ni+2]. The summed E-state index contributed by atoms with van der Waals surface area (Å²) in [6, 6.07) is 0. The van der Waals surface area contributed by atoms with Gasteiger partial charge in [-0.25, -0.2) is 0 Å². The Hall–Kier alpha value is -4.05. The predicted octanol–water partition coefficient (Wildman–Crippen LogP) is -2.06. The minimum atomic E-state index is -1.75. The molecule has 0 radical (unpaired) electrons. The van der Waals surface area contributed by atoms with Crippen molar-refractivity contribution in [2.45, 2.75) is 0 Å². The molecule has 0 N–H and O–H groups in total. The van der Waals surface area contributed by atoms with Gasteiger partial charge in [0.05, 0.1) is 35.6 Å². The monoisotopic (exact) mass is 575 g/mol. The van der Waals surface area contributed by atoms with Gasteiger partial charge in [0.1, 0.15) is 0 Å². The van der Waals surface area contributed by atoms with Crippen molar-refractivity contribution in [3.8, 4) is 0 Å². The van der Waals surface area contributed by atoms with Crippen molar-refractivity contribution in [2.75, 3.05) is 0 Å².